The van der Waals surface area contributed by atoms with Crippen LogP contribution >= 0.6 is 0 Å². The Morgan fingerprint density at radius 1 is 0.935 bits per heavy atom. The minimum absolute atomic E-state index is 0.469. The second-order valence-corrected chi connectivity index (χ2v) is 20.4. The summed E-state index contributed by atoms with van der Waals surface area (Å²) in [6.45, 7) is 6.57. The van der Waals surface area contributed by atoms with E-state index >= 15 is 0 Å². The first kappa shape index (κ1) is 20.3. The average molecular weight is 469 g/mol. The van der Waals surface area contributed by atoms with E-state index in [2.05, 4.69) is 90.8 Å². The van der Waals surface area contributed by atoms with E-state index in [0.29, 0.717) is 5.92 Å². The summed E-state index contributed by atoms with van der Waals surface area (Å²) >= 11 is -2.00. The number of aryl methyl sites for hydroxylation is 1. The Bertz CT molecular complexity index is 1460. The molecule has 5 aromatic rings. The number of hydrogen-bond acceptors (Lipinski definition) is 3. The predicted molar refractivity (Wildman–Crippen MR) is 134 cm³/mol. The van der Waals surface area contributed by atoms with Crippen LogP contribution in [0.3, 0.4) is 0 Å². The number of rotatable bonds is 3. The number of furan rings is 1. The van der Waals surface area contributed by atoms with E-state index in [1.807, 2.05) is 6.92 Å². The van der Waals surface area contributed by atoms with Crippen molar-refractivity contribution in [1.82, 2.24) is 9.97 Å². The molecule has 3 aromatic heterocycles. The topological polar surface area (TPSA) is 38.9 Å². The summed E-state index contributed by atoms with van der Waals surface area (Å²) < 4.78 is 7.90. The molecule has 5 rings (SSSR count). The van der Waals surface area contributed by atoms with Gasteiger partial charge in [0.05, 0.1) is 0 Å². The van der Waals surface area contributed by atoms with Crippen LogP contribution in [-0.4, -0.2) is 23.2 Å². The van der Waals surface area contributed by atoms with Gasteiger partial charge in [-0.1, -0.05) is 0 Å². The molecule has 0 aliphatic carbocycles. The Morgan fingerprint density at radius 2 is 1.74 bits per heavy atom. The third kappa shape index (κ3) is 3.45. The van der Waals surface area contributed by atoms with Crippen LogP contribution in [0.5, 0.6) is 0 Å². The van der Waals surface area contributed by atoms with Crippen molar-refractivity contribution in [2.75, 3.05) is 0 Å². The van der Waals surface area contributed by atoms with Gasteiger partial charge in [-0.15, -0.1) is 0 Å². The molecule has 0 aliphatic rings. The normalized spacial score (nSPS) is 12.5. The Balaban J connectivity index is 1.76. The molecule has 3 nitrogen and oxygen atoms in total. The summed E-state index contributed by atoms with van der Waals surface area (Å²) in [5.41, 5.74) is 7.22. The first-order valence-corrected chi connectivity index (χ1v) is 18.3. The summed E-state index contributed by atoms with van der Waals surface area (Å²) in [6.07, 6.45) is 2.13. The number of fused-ring (bicyclic) bond motifs is 4. The molecule has 0 atom stereocenters. The van der Waals surface area contributed by atoms with Crippen molar-refractivity contribution in [3.05, 3.63) is 66.0 Å². The summed E-state index contributed by atoms with van der Waals surface area (Å²) in [7, 11) is 0. The summed E-state index contributed by atoms with van der Waals surface area (Å²) in [5.74, 6) is 7.77. The molecule has 0 aliphatic heterocycles. The van der Waals surface area contributed by atoms with Crippen LogP contribution in [0.25, 0.3) is 44.1 Å². The van der Waals surface area contributed by atoms with E-state index in [1.54, 1.807) is 0 Å². The fourth-order valence-corrected chi connectivity index (χ4v) is 7.96. The third-order valence-corrected chi connectivity index (χ3v) is 10.4. The van der Waals surface area contributed by atoms with Gasteiger partial charge in [-0.05, 0) is 6.92 Å². The second kappa shape index (κ2) is 7.20. The average Bonchev–Trinajstić information content (AvgIpc) is 3.08. The second-order valence-electron chi connectivity index (χ2n) is 9.84. The Hall–Kier alpha value is -2.66. The van der Waals surface area contributed by atoms with Crippen molar-refractivity contribution in [3.63, 3.8) is 0 Å². The van der Waals surface area contributed by atoms with Gasteiger partial charge in [0.1, 0.15) is 0 Å². The van der Waals surface area contributed by atoms with Crippen LogP contribution in [0.4, 0.5) is 0 Å². The third-order valence-electron chi connectivity index (χ3n) is 6.09. The van der Waals surface area contributed by atoms with Crippen molar-refractivity contribution >= 4 is 50.5 Å². The number of para-hydroxylation sites is 1. The maximum atomic E-state index is 6.42. The SMILES string of the molecule is Cc1ccc2cc3c(cc2n1)oc1c(-c2cc(C(C)C)[c]([Ge]([CH3])([CH3])[CH3])cn2)cccc13. The van der Waals surface area contributed by atoms with Crippen molar-refractivity contribution < 1.29 is 4.42 Å². The van der Waals surface area contributed by atoms with Gasteiger partial charge in [0.25, 0.3) is 0 Å². The number of pyridine rings is 2. The van der Waals surface area contributed by atoms with Crippen LogP contribution in [0.2, 0.25) is 17.3 Å². The zero-order valence-electron chi connectivity index (χ0n) is 19.1. The molecular formula is C27H28GeN2O. The molecule has 0 saturated heterocycles. The minimum atomic E-state index is -2.00. The quantitative estimate of drug-likeness (QED) is 0.263. The van der Waals surface area contributed by atoms with E-state index in [-0.39, 0.29) is 0 Å². The first-order valence-electron chi connectivity index (χ1n) is 11.0. The van der Waals surface area contributed by atoms with Crippen LogP contribution < -0.4 is 4.40 Å². The summed E-state index contributed by atoms with van der Waals surface area (Å²) in [6, 6.07) is 17.1. The van der Waals surface area contributed by atoms with E-state index < -0.39 is 13.3 Å². The molecule has 0 fully saturated rings. The molecule has 0 spiro atoms. The molecule has 4 heteroatoms. The van der Waals surface area contributed by atoms with Gasteiger partial charge in [-0.25, -0.2) is 0 Å². The van der Waals surface area contributed by atoms with Crippen LogP contribution in [0, 0.1) is 6.92 Å². The molecule has 31 heavy (non-hydrogen) atoms. The number of nitrogens with zero attached hydrogens (tertiary/aromatic N) is 2. The van der Waals surface area contributed by atoms with Crippen molar-refractivity contribution in [2.45, 2.75) is 44.0 Å². The van der Waals surface area contributed by atoms with E-state index in [4.69, 9.17) is 9.40 Å². The van der Waals surface area contributed by atoms with E-state index in [0.717, 1.165) is 49.8 Å². The zero-order chi connectivity index (χ0) is 21.9. The van der Waals surface area contributed by atoms with Gasteiger partial charge in [-0.2, -0.15) is 0 Å². The summed E-state index contributed by atoms with van der Waals surface area (Å²) in [5, 5.41) is 3.38. The van der Waals surface area contributed by atoms with Gasteiger partial charge in [0.2, 0.25) is 0 Å². The van der Waals surface area contributed by atoms with Gasteiger partial charge in [0.15, 0.2) is 0 Å². The maximum absolute atomic E-state index is 6.42. The molecule has 0 saturated carbocycles. The monoisotopic (exact) mass is 470 g/mol. The van der Waals surface area contributed by atoms with Crippen LogP contribution in [-0.2, 0) is 0 Å². The van der Waals surface area contributed by atoms with E-state index in [1.165, 1.54) is 9.96 Å². The predicted octanol–water partition coefficient (Wildman–Crippen LogP) is 7.17. The zero-order valence-corrected chi connectivity index (χ0v) is 21.2. The first-order chi connectivity index (χ1) is 14.7. The molecule has 0 N–H and O–H groups in total. The van der Waals surface area contributed by atoms with E-state index in [9.17, 15) is 0 Å². The van der Waals surface area contributed by atoms with Crippen LogP contribution in [0.15, 0.2) is 59.1 Å². The Labute approximate surface area is 185 Å². The molecule has 156 valence electrons. The molecular weight excluding hydrogens is 441 g/mol. The molecule has 0 radical (unpaired) electrons. The molecule has 3 heterocycles. The number of aromatic nitrogens is 2. The fraction of sp³-hybridized carbons (Fsp3) is 0.259. The van der Waals surface area contributed by atoms with Crippen molar-refractivity contribution in [2.24, 2.45) is 0 Å². The van der Waals surface area contributed by atoms with Crippen molar-refractivity contribution in [3.8, 4) is 11.3 Å². The standard InChI is InChI=1S/C27H28GeN2O/c1-16(2)21-13-25(29-15-23(21)28(4,5)6)20-9-7-8-19-22-12-18-11-10-17(3)30-24(18)14-26(22)31-27(19)20/h7-16H,1-6H3. The van der Waals surface area contributed by atoms with Gasteiger partial charge in [0, 0.05) is 0 Å². The molecule has 0 unspecified atom stereocenters. The number of hydrogen-bond donors (Lipinski definition) is 0. The van der Waals surface area contributed by atoms with Crippen LogP contribution in [0.1, 0.15) is 31.0 Å². The fourth-order valence-electron chi connectivity index (χ4n) is 4.44. The Kier molecular flexibility index (Phi) is 4.70. The number of benzene rings is 2. The molecule has 0 bridgehead atoms. The van der Waals surface area contributed by atoms with Gasteiger partial charge in [-0.3, -0.25) is 0 Å². The summed E-state index contributed by atoms with van der Waals surface area (Å²) in [4.78, 5) is 9.59. The van der Waals surface area contributed by atoms with Gasteiger partial charge >= 0.3 is 179 Å². The molecule has 0 amide bonds. The van der Waals surface area contributed by atoms with Gasteiger partial charge < -0.3 is 0 Å². The van der Waals surface area contributed by atoms with Crippen molar-refractivity contribution in [1.29, 1.82) is 0 Å². The Morgan fingerprint density at radius 3 is 2.48 bits per heavy atom. The molecule has 2 aromatic carbocycles.